The van der Waals surface area contributed by atoms with Crippen molar-refractivity contribution in [1.29, 1.82) is 5.26 Å². The first-order valence-corrected chi connectivity index (χ1v) is 7.06. The van der Waals surface area contributed by atoms with Gasteiger partial charge in [-0.1, -0.05) is 34.1 Å². The van der Waals surface area contributed by atoms with Crippen LogP contribution in [0.4, 0.5) is 0 Å². The van der Waals surface area contributed by atoms with Crippen LogP contribution in [0.25, 0.3) is 11.3 Å². The summed E-state index contributed by atoms with van der Waals surface area (Å²) in [5.74, 6) is 0.454. The normalized spacial score (nSPS) is 10.1. The standard InChI is InChI=1S/C13H8BrNO2S/c1-18-12-6-11(17-13(16)9(12)7-15)8-4-2-3-5-10(8)14/h2-6H,1H3. The summed E-state index contributed by atoms with van der Waals surface area (Å²) in [6, 6.07) is 11.0. The molecule has 0 aliphatic carbocycles. The van der Waals surface area contributed by atoms with Crippen LogP contribution in [0.15, 0.2) is 48.9 Å². The van der Waals surface area contributed by atoms with Crippen LogP contribution >= 0.6 is 27.7 Å². The molecular weight excluding hydrogens is 314 g/mol. The van der Waals surface area contributed by atoms with Crippen LogP contribution in [-0.2, 0) is 0 Å². The molecule has 1 aromatic carbocycles. The molecule has 0 N–H and O–H groups in total. The van der Waals surface area contributed by atoms with Gasteiger partial charge in [0.15, 0.2) is 5.56 Å². The van der Waals surface area contributed by atoms with Crippen LogP contribution in [0.1, 0.15) is 5.56 Å². The molecule has 3 nitrogen and oxygen atoms in total. The molecule has 1 aromatic heterocycles. The van der Waals surface area contributed by atoms with E-state index in [1.54, 1.807) is 6.07 Å². The zero-order chi connectivity index (χ0) is 13.1. The second-order valence-electron chi connectivity index (χ2n) is 3.43. The second kappa shape index (κ2) is 5.42. The Morgan fingerprint density at radius 1 is 1.39 bits per heavy atom. The fraction of sp³-hybridized carbons (Fsp3) is 0.0769. The van der Waals surface area contributed by atoms with Gasteiger partial charge in [-0.3, -0.25) is 0 Å². The summed E-state index contributed by atoms with van der Waals surface area (Å²) >= 11 is 4.76. The molecule has 90 valence electrons. The minimum absolute atomic E-state index is 0.0540. The number of nitriles is 1. The monoisotopic (exact) mass is 321 g/mol. The lowest BCUT2D eigenvalue weighted by Crippen LogP contribution is -2.06. The van der Waals surface area contributed by atoms with Gasteiger partial charge in [-0.05, 0) is 18.4 Å². The van der Waals surface area contributed by atoms with E-state index in [1.807, 2.05) is 36.6 Å². The molecule has 2 aromatic rings. The summed E-state index contributed by atoms with van der Waals surface area (Å²) in [4.78, 5) is 12.3. The number of thioether (sulfide) groups is 1. The minimum Gasteiger partial charge on any atom is -0.422 e. The van der Waals surface area contributed by atoms with E-state index in [9.17, 15) is 4.79 Å². The lowest BCUT2D eigenvalue weighted by molar-refractivity contribution is 0.518. The van der Waals surface area contributed by atoms with Crippen LogP contribution < -0.4 is 5.63 Å². The van der Waals surface area contributed by atoms with Gasteiger partial charge in [0.1, 0.15) is 11.8 Å². The molecule has 0 spiro atoms. The van der Waals surface area contributed by atoms with E-state index in [1.165, 1.54) is 11.8 Å². The summed E-state index contributed by atoms with van der Waals surface area (Å²) < 4.78 is 6.03. The molecule has 0 aliphatic heterocycles. The lowest BCUT2D eigenvalue weighted by atomic mass is 10.1. The highest BCUT2D eigenvalue weighted by Gasteiger charge is 2.13. The SMILES string of the molecule is CSc1cc(-c2ccccc2Br)oc(=O)c1C#N. The highest BCUT2D eigenvalue weighted by atomic mass is 79.9. The highest BCUT2D eigenvalue weighted by molar-refractivity contribution is 9.10. The Balaban J connectivity index is 2.69. The molecule has 0 saturated carbocycles. The maximum absolute atomic E-state index is 11.7. The average Bonchev–Trinajstić information content (AvgIpc) is 2.38. The molecule has 5 heteroatoms. The zero-order valence-corrected chi connectivity index (χ0v) is 11.8. The van der Waals surface area contributed by atoms with Gasteiger partial charge in [-0.25, -0.2) is 4.79 Å². The minimum atomic E-state index is -0.602. The van der Waals surface area contributed by atoms with Crippen LogP contribution in [-0.4, -0.2) is 6.26 Å². The Morgan fingerprint density at radius 2 is 2.11 bits per heavy atom. The van der Waals surface area contributed by atoms with E-state index < -0.39 is 5.63 Å². The molecule has 0 aliphatic rings. The van der Waals surface area contributed by atoms with Crippen molar-refractivity contribution in [3.8, 4) is 17.4 Å². The van der Waals surface area contributed by atoms with Crippen LogP contribution in [0.3, 0.4) is 0 Å². The molecule has 0 atom stereocenters. The Kier molecular flexibility index (Phi) is 3.90. The van der Waals surface area contributed by atoms with Crippen LogP contribution in [0, 0.1) is 11.3 Å². The molecular formula is C13H8BrNO2S. The topological polar surface area (TPSA) is 54.0 Å². The smallest absolute Gasteiger partial charge is 0.355 e. The predicted molar refractivity (Wildman–Crippen MR) is 74.6 cm³/mol. The number of hydrogen-bond acceptors (Lipinski definition) is 4. The van der Waals surface area contributed by atoms with Crippen molar-refractivity contribution in [3.05, 3.63) is 50.8 Å². The van der Waals surface area contributed by atoms with Gasteiger partial charge >= 0.3 is 5.63 Å². The molecule has 0 fully saturated rings. The van der Waals surface area contributed by atoms with Crippen molar-refractivity contribution >= 4 is 27.7 Å². The van der Waals surface area contributed by atoms with Gasteiger partial charge in [0.05, 0.1) is 0 Å². The third kappa shape index (κ3) is 2.35. The number of benzene rings is 1. The Hall–Kier alpha value is -1.51. The molecule has 0 radical (unpaired) electrons. The maximum Gasteiger partial charge on any atom is 0.355 e. The van der Waals surface area contributed by atoms with Gasteiger partial charge in [-0.15, -0.1) is 11.8 Å². The average molecular weight is 322 g/mol. The Bertz CT molecular complexity index is 688. The van der Waals surface area contributed by atoms with E-state index in [0.717, 1.165) is 10.0 Å². The molecule has 0 amide bonds. The fourth-order valence-electron chi connectivity index (χ4n) is 1.53. The molecule has 2 rings (SSSR count). The zero-order valence-electron chi connectivity index (χ0n) is 9.44. The quantitative estimate of drug-likeness (QED) is 0.792. The van der Waals surface area contributed by atoms with Gasteiger partial charge in [-0.2, -0.15) is 5.26 Å². The van der Waals surface area contributed by atoms with E-state index in [0.29, 0.717) is 10.7 Å². The predicted octanol–water partition coefficient (Wildman–Crippen LogP) is 3.66. The molecule has 1 heterocycles. The first-order chi connectivity index (χ1) is 8.67. The van der Waals surface area contributed by atoms with E-state index in [4.69, 9.17) is 9.68 Å². The summed E-state index contributed by atoms with van der Waals surface area (Å²) in [6.45, 7) is 0. The van der Waals surface area contributed by atoms with Gasteiger partial charge < -0.3 is 4.42 Å². The summed E-state index contributed by atoms with van der Waals surface area (Å²) in [7, 11) is 0. The van der Waals surface area contributed by atoms with Crippen molar-refractivity contribution in [3.63, 3.8) is 0 Å². The molecule has 18 heavy (non-hydrogen) atoms. The maximum atomic E-state index is 11.7. The summed E-state index contributed by atoms with van der Waals surface area (Å²) in [6.07, 6.45) is 1.82. The first-order valence-electron chi connectivity index (χ1n) is 5.04. The lowest BCUT2D eigenvalue weighted by Gasteiger charge is -2.05. The fourth-order valence-corrected chi connectivity index (χ4v) is 2.57. The molecule has 0 unspecified atom stereocenters. The molecule has 0 bridgehead atoms. The van der Waals surface area contributed by atoms with Crippen molar-refractivity contribution < 1.29 is 4.42 Å². The van der Waals surface area contributed by atoms with Crippen molar-refractivity contribution in [2.45, 2.75) is 4.90 Å². The Morgan fingerprint density at radius 3 is 2.72 bits per heavy atom. The first kappa shape index (κ1) is 12.9. The number of hydrogen-bond donors (Lipinski definition) is 0. The van der Waals surface area contributed by atoms with Gasteiger partial charge in [0.2, 0.25) is 0 Å². The summed E-state index contributed by atoms with van der Waals surface area (Å²) in [5, 5.41) is 8.91. The van der Waals surface area contributed by atoms with Crippen LogP contribution in [0.2, 0.25) is 0 Å². The largest absolute Gasteiger partial charge is 0.422 e. The third-order valence-electron chi connectivity index (χ3n) is 2.39. The van der Waals surface area contributed by atoms with Gasteiger partial charge in [0, 0.05) is 14.9 Å². The summed E-state index contributed by atoms with van der Waals surface area (Å²) in [5.41, 5.74) is 0.239. The van der Waals surface area contributed by atoms with E-state index >= 15 is 0 Å². The highest BCUT2D eigenvalue weighted by Crippen LogP contribution is 2.30. The van der Waals surface area contributed by atoms with Crippen molar-refractivity contribution in [2.75, 3.05) is 6.26 Å². The van der Waals surface area contributed by atoms with Crippen LogP contribution in [0.5, 0.6) is 0 Å². The van der Waals surface area contributed by atoms with Crippen molar-refractivity contribution in [1.82, 2.24) is 0 Å². The number of rotatable bonds is 2. The Labute approximate surface area is 117 Å². The molecule has 0 saturated heterocycles. The second-order valence-corrected chi connectivity index (χ2v) is 5.14. The third-order valence-corrected chi connectivity index (χ3v) is 3.84. The number of nitrogens with zero attached hydrogens (tertiary/aromatic N) is 1. The van der Waals surface area contributed by atoms with E-state index in [2.05, 4.69) is 15.9 Å². The number of halogens is 1. The van der Waals surface area contributed by atoms with Crippen molar-refractivity contribution in [2.24, 2.45) is 0 Å². The van der Waals surface area contributed by atoms with E-state index in [-0.39, 0.29) is 5.56 Å². The van der Waals surface area contributed by atoms with Gasteiger partial charge in [0.25, 0.3) is 0 Å².